The van der Waals surface area contributed by atoms with Gasteiger partial charge in [-0.15, -0.1) is 0 Å². The zero-order valence-electron chi connectivity index (χ0n) is 27.2. The number of rotatable bonds is 3. The van der Waals surface area contributed by atoms with Crippen LogP contribution in [0.15, 0.2) is 96.4 Å². The first kappa shape index (κ1) is 28.3. The maximum atomic E-state index is 13.7. The van der Waals surface area contributed by atoms with Gasteiger partial charge < -0.3 is 9.13 Å². The van der Waals surface area contributed by atoms with E-state index < -0.39 is 0 Å². The van der Waals surface area contributed by atoms with E-state index in [4.69, 9.17) is 0 Å². The molecule has 4 heteroatoms. The highest BCUT2D eigenvalue weighted by Crippen LogP contribution is 2.47. The summed E-state index contributed by atoms with van der Waals surface area (Å²) in [6.45, 7) is 15.6. The molecule has 44 heavy (non-hydrogen) atoms. The third-order valence-electron chi connectivity index (χ3n) is 9.70. The zero-order valence-corrected chi connectivity index (χ0v) is 27.2. The average Bonchev–Trinajstić information content (AvgIpc) is 3.75. The molecule has 3 aliphatic rings. The molecule has 4 heterocycles. The lowest BCUT2D eigenvalue weighted by molar-refractivity contribution is -0.419. The molecule has 1 aliphatic carbocycles. The minimum absolute atomic E-state index is 0.108. The van der Waals surface area contributed by atoms with Crippen LogP contribution >= 0.6 is 0 Å². The maximum Gasteiger partial charge on any atom is 0.387 e. The van der Waals surface area contributed by atoms with Gasteiger partial charge in [-0.05, 0) is 76.2 Å². The predicted octanol–water partition coefficient (Wildman–Crippen LogP) is 8.63. The predicted molar refractivity (Wildman–Crippen MR) is 181 cm³/mol. The number of para-hydroxylation sites is 2. The summed E-state index contributed by atoms with van der Waals surface area (Å²) in [5, 5.41) is 0. The van der Waals surface area contributed by atoms with Crippen molar-refractivity contribution in [3.63, 3.8) is 0 Å². The third-order valence-corrected chi connectivity index (χ3v) is 9.70. The minimum Gasteiger partial charge on any atom is -0.319 e. The Hall–Kier alpha value is -4.44. The Labute approximate surface area is 261 Å². The van der Waals surface area contributed by atoms with Gasteiger partial charge in [-0.1, -0.05) is 84.9 Å². The van der Waals surface area contributed by atoms with E-state index in [0.29, 0.717) is 6.42 Å². The second-order valence-corrected chi connectivity index (χ2v) is 14.8. The van der Waals surface area contributed by atoms with Crippen LogP contribution in [0, 0.1) is 5.41 Å². The van der Waals surface area contributed by atoms with Crippen LogP contribution in [0.4, 0.5) is 0 Å². The first-order valence-electron chi connectivity index (χ1n) is 15.7. The van der Waals surface area contributed by atoms with Crippen LogP contribution in [0.2, 0.25) is 0 Å². The molecule has 0 N–H and O–H groups in total. The molecule has 0 bridgehead atoms. The van der Waals surface area contributed by atoms with Crippen molar-refractivity contribution in [3.8, 4) is 11.4 Å². The molecule has 0 atom stereocenters. The number of fused-ring (bicyclic) bond motifs is 6. The molecule has 0 unspecified atom stereocenters. The molecule has 0 fully saturated rings. The van der Waals surface area contributed by atoms with Crippen LogP contribution in [0.25, 0.3) is 23.5 Å². The third kappa shape index (κ3) is 4.18. The molecule has 0 saturated heterocycles. The van der Waals surface area contributed by atoms with Crippen LogP contribution in [-0.4, -0.2) is 32.4 Å². The largest absolute Gasteiger partial charge is 0.387 e. The summed E-state index contributed by atoms with van der Waals surface area (Å²) in [4.78, 5) is 13.7. The van der Waals surface area contributed by atoms with Gasteiger partial charge in [0.2, 0.25) is 5.71 Å². The van der Waals surface area contributed by atoms with Crippen LogP contribution in [0.3, 0.4) is 0 Å². The Kier molecular flexibility index (Phi) is 6.14. The van der Waals surface area contributed by atoms with Crippen LogP contribution in [0.1, 0.15) is 88.5 Å². The lowest BCUT2D eigenvalue weighted by Gasteiger charge is -2.20. The Morgan fingerprint density at radius 1 is 0.727 bits per heavy atom. The molecule has 2 aromatic heterocycles. The fourth-order valence-corrected chi connectivity index (χ4v) is 7.69. The average molecular weight is 581 g/mol. The number of nitrogens with zero attached hydrogens (tertiary/aromatic N) is 3. The number of carbonyl (C=O) groups is 1. The highest BCUT2D eigenvalue weighted by molar-refractivity contribution is 6.21. The van der Waals surface area contributed by atoms with Crippen molar-refractivity contribution < 1.29 is 9.37 Å². The molecule has 7 rings (SSSR count). The fourth-order valence-electron chi connectivity index (χ4n) is 7.69. The van der Waals surface area contributed by atoms with E-state index in [1.54, 1.807) is 0 Å². The van der Waals surface area contributed by atoms with Gasteiger partial charge in [-0.2, -0.15) is 4.58 Å². The van der Waals surface area contributed by atoms with Crippen molar-refractivity contribution in [2.45, 2.75) is 65.7 Å². The van der Waals surface area contributed by atoms with E-state index in [9.17, 15) is 4.79 Å². The van der Waals surface area contributed by atoms with Gasteiger partial charge in [0.05, 0.1) is 6.42 Å². The maximum absolute atomic E-state index is 13.7. The summed E-state index contributed by atoms with van der Waals surface area (Å²) in [6, 6.07) is 21.8. The van der Waals surface area contributed by atoms with Crippen LogP contribution in [-0.2, 0) is 15.6 Å². The number of hydrogen-bond donors (Lipinski definition) is 0. The monoisotopic (exact) mass is 580 g/mol. The van der Waals surface area contributed by atoms with Crippen LogP contribution in [0.5, 0.6) is 0 Å². The van der Waals surface area contributed by atoms with Crippen molar-refractivity contribution >= 4 is 23.8 Å². The van der Waals surface area contributed by atoms with E-state index in [1.807, 2.05) is 11.6 Å². The molecule has 222 valence electrons. The fraction of sp³-hybridized carbons (Fsp3) is 0.300. The van der Waals surface area contributed by atoms with E-state index in [1.165, 1.54) is 45.0 Å². The first-order valence-corrected chi connectivity index (χ1v) is 15.7. The van der Waals surface area contributed by atoms with Crippen molar-refractivity contribution in [1.29, 1.82) is 0 Å². The molecule has 0 radical (unpaired) electrons. The Morgan fingerprint density at radius 3 is 1.59 bits per heavy atom. The van der Waals surface area contributed by atoms with E-state index >= 15 is 0 Å². The van der Waals surface area contributed by atoms with Crippen molar-refractivity contribution in [2.75, 3.05) is 7.05 Å². The number of carbonyl (C=O) groups excluding carboxylic acids is 1. The summed E-state index contributed by atoms with van der Waals surface area (Å²) in [5.41, 5.74) is 12.8. The minimum atomic E-state index is -0.130. The van der Waals surface area contributed by atoms with Gasteiger partial charge in [-0.25, -0.2) is 4.79 Å². The second-order valence-electron chi connectivity index (χ2n) is 14.8. The van der Waals surface area contributed by atoms with Gasteiger partial charge in [0.1, 0.15) is 7.05 Å². The Morgan fingerprint density at radius 2 is 1.16 bits per heavy atom. The lowest BCUT2D eigenvalue weighted by atomic mass is 9.81. The van der Waals surface area contributed by atoms with Crippen molar-refractivity contribution in [2.24, 2.45) is 5.41 Å². The van der Waals surface area contributed by atoms with E-state index in [2.05, 4.69) is 155 Å². The van der Waals surface area contributed by atoms with E-state index in [0.717, 1.165) is 16.9 Å². The van der Waals surface area contributed by atoms with Gasteiger partial charge in [0.15, 0.2) is 0 Å². The summed E-state index contributed by atoms with van der Waals surface area (Å²) >= 11 is 0. The standard InChI is InChI=1S/C40H42N3O/c1-38(2,3)25-34(44)41(8)35-26(23-28-19-21-42-32-15-11-9-13-30(32)39(4,5)36(28)42)17-18-27(35)24-29-20-22-43-33-16-12-10-14-31(33)40(6,7)37(29)43/h9-24H,25H2,1-8H3/q+1. The van der Waals surface area contributed by atoms with Gasteiger partial charge in [0, 0.05) is 57.1 Å². The number of benzene rings is 2. The number of amides is 1. The normalized spacial score (nSPS) is 20.2. The molecule has 4 nitrogen and oxygen atoms in total. The van der Waals surface area contributed by atoms with Gasteiger partial charge >= 0.3 is 5.91 Å². The molecule has 4 aromatic rings. The summed E-state index contributed by atoms with van der Waals surface area (Å²) in [6.07, 6.45) is 13.7. The lowest BCUT2D eigenvalue weighted by Crippen LogP contribution is -2.28. The highest BCUT2D eigenvalue weighted by Gasteiger charge is 2.40. The van der Waals surface area contributed by atoms with Gasteiger partial charge in [-0.3, -0.25) is 0 Å². The topological polar surface area (TPSA) is 29.9 Å². The molecule has 0 spiro atoms. The van der Waals surface area contributed by atoms with Crippen molar-refractivity contribution in [3.05, 3.63) is 130 Å². The second kappa shape index (κ2) is 9.53. The molecule has 2 aliphatic heterocycles. The Bertz CT molecular complexity index is 1870. The van der Waals surface area contributed by atoms with E-state index in [-0.39, 0.29) is 22.2 Å². The smallest absolute Gasteiger partial charge is 0.319 e. The number of aromatic nitrogens is 2. The molecular formula is C40H42N3O+. The molecule has 2 aromatic carbocycles. The van der Waals surface area contributed by atoms with Gasteiger partial charge in [0.25, 0.3) is 0 Å². The summed E-state index contributed by atoms with van der Waals surface area (Å²) < 4.78 is 6.54. The highest BCUT2D eigenvalue weighted by atomic mass is 16.2. The molecular weight excluding hydrogens is 538 g/mol. The molecule has 1 amide bonds. The summed E-state index contributed by atoms with van der Waals surface area (Å²) in [5.74, 6) is 0.123. The zero-order chi connectivity index (χ0) is 31.2. The quantitative estimate of drug-likeness (QED) is 0.223. The van der Waals surface area contributed by atoms with Crippen molar-refractivity contribution in [1.82, 2.24) is 9.13 Å². The first-order chi connectivity index (χ1) is 20.8. The number of allylic oxidation sites excluding steroid dienone is 4. The molecule has 0 saturated carbocycles. The summed E-state index contributed by atoms with van der Waals surface area (Å²) in [7, 11) is 1.94. The number of hydrogen-bond acceptors (Lipinski definition) is 1. The van der Waals surface area contributed by atoms with Crippen LogP contribution < -0.4 is 0 Å². The Balaban J connectivity index is 1.36. The SMILES string of the molecule is C[N+](C(=O)CC(C)(C)C)=C1C(=Cc2ccn3c2C(C)(C)c2ccccc2-3)C=C/C1=C\c1ccn2c1C(C)(C)c1ccccc1-2.